The average molecular weight is 231 g/mol. The number of pyridine rings is 1. The van der Waals surface area contributed by atoms with Gasteiger partial charge in [0.15, 0.2) is 0 Å². The van der Waals surface area contributed by atoms with E-state index in [2.05, 4.69) is 28.3 Å². The molecule has 2 heterocycles. The summed E-state index contributed by atoms with van der Waals surface area (Å²) in [5.74, 6) is 0.970. The topological polar surface area (TPSA) is 41.3 Å². The van der Waals surface area contributed by atoms with Crippen molar-refractivity contribution in [1.29, 1.82) is 0 Å². The maximum absolute atomic E-state index is 5.31. The van der Waals surface area contributed by atoms with Gasteiger partial charge >= 0.3 is 0 Å². The Morgan fingerprint density at radius 3 is 2.94 bits per heavy atom. The number of hydrogen-bond donors (Lipinski definition) is 1. The van der Waals surface area contributed by atoms with E-state index in [4.69, 9.17) is 4.42 Å². The first-order valence-electron chi connectivity index (χ1n) is 5.61. The lowest BCUT2D eigenvalue weighted by atomic mass is 10.3. The summed E-state index contributed by atoms with van der Waals surface area (Å²) in [6.07, 6.45) is 3.52. The van der Waals surface area contributed by atoms with Gasteiger partial charge in [-0.15, -0.1) is 0 Å². The minimum absolute atomic E-state index is 0.790. The van der Waals surface area contributed by atoms with Gasteiger partial charge in [-0.1, -0.05) is 0 Å². The Labute approximate surface area is 101 Å². The SMILES string of the molecule is CNc1ccnc(CN(C)Cc2ccco2)c1. The van der Waals surface area contributed by atoms with E-state index in [1.165, 1.54) is 0 Å². The Morgan fingerprint density at radius 1 is 1.35 bits per heavy atom. The van der Waals surface area contributed by atoms with Gasteiger partial charge in [-0.2, -0.15) is 0 Å². The van der Waals surface area contributed by atoms with Gasteiger partial charge in [0.2, 0.25) is 0 Å². The van der Waals surface area contributed by atoms with Crippen LogP contribution in [-0.4, -0.2) is 24.0 Å². The van der Waals surface area contributed by atoms with Crippen molar-refractivity contribution >= 4 is 5.69 Å². The van der Waals surface area contributed by atoms with Crippen molar-refractivity contribution in [2.75, 3.05) is 19.4 Å². The number of nitrogens with one attached hydrogen (secondary N) is 1. The maximum atomic E-state index is 5.31. The van der Waals surface area contributed by atoms with Crippen LogP contribution in [0, 0.1) is 0 Å². The predicted molar refractivity (Wildman–Crippen MR) is 67.7 cm³/mol. The van der Waals surface area contributed by atoms with E-state index in [9.17, 15) is 0 Å². The monoisotopic (exact) mass is 231 g/mol. The van der Waals surface area contributed by atoms with Crippen molar-refractivity contribution in [3.8, 4) is 0 Å². The molecule has 0 radical (unpaired) electrons. The lowest BCUT2D eigenvalue weighted by Gasteiger charge is -2.14. The Morgan fingerprint density at radius 2 is 2.24 bits per heavy atom. The van der Waals surface area contributed by atoms with Crippen molar-refractivity contribution < 1.29 is 4.42 Å². The van der Waals surface area contributed by atoms with Crippen molar-refractivity contribution in [3.05, 3.63) is 48.2 Å². The molecular weight excluding hydrogens is 214 g/mol. The zero-order valence-corrected chi connectivity index (χ0v) is 10.2. The highest BCUT2D eigenvalue weighted by Gasteiger charge is 2.04. The summed E-state index contributed by atoms with van der Waals surface area (Å²) in [6, 6.07) is 7.89. The molecule has 17 heavy (non-hydrogen) atoms. The Bertz CT molecular complexity index is 453. The number of aromatic nitrogens is 1. The van der Waals surface area contributed by atoms with Crippen LogP contribution < -0.4 is 5.32 Å². The molecule has 0 atom stereocenters. The summed E-state index contributed by atoms with van der Waals surface area (Å²) in [5.41, 5.74) is 2.13. The first-order chi connectivity index (χ1) is 8.28. The van der Waals surface area contributed by atoms with Gasteiger partial charge in [0.05, 0.1) is 18.5 Å². The first kappa shape index (κ1) is 11.7. The van der Waals surface area contributed by atoms with Crippen LogP contribution in [-0.2, 0) is 13.1 Å². The quantitative estimate of drug-likeness (QED) is 0.857. The Kier molecular flexibility index (Phi) is 3.77. The number of hydrogen-bond acceptors (Lipinski definition) is 4. The van der Waals surface area contributed by atoms with E-state index in [0.29, 0.717) is 0 Å². The molecule has 0 fully saturated rings. The fourth-order valence-corrected chi connectivity index (χ4v) is 1.72. The molecule has 2 rings (SSSR count). The molecule has 0 aliphatic rings. The number of furan rings is 1. The minimum Gasteiger partial charge on any atom is -0.468 e. The highest BCUT2D eigenvalue weighted by molar-refractivity contribution is 5.42. The van der Waals surface area contributed by atoms with Gasteiger partial charge in [-0.25, -0.2) is 0 Å². The molecule has 0 saturated carbocycles. The van der Waals surface area contributed by atoms with Gasteiger partial charge in [0.25, 0.3) is 0 Å². The second kappa shape index (κ2) is 5.50. The van der Waals surface area contributed by atoms with Crippen LogP contribution >= 0.6 is 0 Å². The van der Waals surface area contributed by atoms with Crippen molar-refractivity contribution in [2.45, 2.75) is 13.1 Å². The molecule has 0 spiro atoms. The largest absolute Gasteiger partial charge is 0.468 e. The summed E-state index contributed by atoms with van der Waals surface area (Å²) < 4.78 is 5.31. The summed E-state index contributed by atoms with van der Waals surface area (Å²) in [6.45, 7) is 1.59. The standard InChI is InChI=1S/C13H17N3O/c1-14-11-5-6-15-12(8-11)9-16(2)10-13-4-3-7-17-13/h3-8H,9-10H2,1-2H3,(H,14,15). The molecule has 1 N–H and O–H groups in total. The van der Waals surface area contributed by atoms with Crippen LogP contribution in [0.15, 0.2) is 41.1 Å². The summed E-state index contributed by atoms with van der Waals surface area (Å²) in [7, 11) is 3.96. The highest BCUT2D eigenvalue weighted by Crippen LogP contribution is 2.10. The summed E-state index contributed by atoms with van der Waals surface area (Å²) >= 11 is 0. The normalized spacial score (nSPS) is 10.8. The van der Waals surface area contributed by atoms with E-state index in [1.807, 2.05) is 31.4 Å². The van der Waals surface area contributed by atoms with E-state index in [-0.39, 0.29) is 0 Å². The van der Waals surface area contributed by atoms with Gasteiger partial charge in [-0.3, -0.25) is 9.88 Å². The molecule has 2 aromatic heterocycles. The molecule has 0 aliphatic heterocycles. The van der Waals surface area contributed by atoms with Gasteiger partial charge in [-0.05, 0) is 31.3 Å². The van der Waals surface area contributed by atoms with Crippen LogP contribution in [0.2, 0.25) is 0 Å². The van der Waals surface area contributed by atoms with E-state index in [0.717, 1.165) is 30.2 Å². The molecule has 0 bridgehead atoms. The Hall–Kier alpha value is -1.81. The molecule has 90 valence electrons. The third-order valence-electron chi connectivity index (χ3n) is 2.54. The molecule has 0 aromatic carbocycles. The molecule has 0 unspecified atom stereocenters. The maximum Gasteiger partial charge on any atom is 0.117 e. The van der Waals surface area contributed by atoms with Gasteiger partial charge in [0, 0.05) is 25.5 Å². The molecule has 0 amide bonds. The van der Waals surface area contributed by atoms with E-state index < -0.39 is 0 Å². The smallest absolute Gasteiger partial charge is 0.117 e. The molecule has 0 saturated heterocycles. The molecule has 4 heteroatoms. The summed E-state index contributed by atoms with van der Waals surface area (Å²) in [5, 5.41) is 3.11. The van der Waals surface area contributed by atoms with Crippen molar-refractivity contribution in [2.24, 2.45) is 0 Å². The number of rotatable bonds is 5. The molecule has 0 aliphatic carbocycles. The fourth-order valence-electron chi connectivity index (χ4n) is 1.72. The van der Waals surface area contributed by atoms with E-state index >= 15 is 0 Å². The molecule has 4 nitrogen and oxygen atoms in total. The summed E-state index contributed by atoms with van der Waals surface area (Å²) in [4.78, 5) is 6.51. The van der Waals surface area contributed by atoms with Gasteiger partial charge in [0.1, 0.15) is 5.76 Å². The first-order valence-corrected chi connectivity index (χ1v) is 5.61. The Balaban J connectivity index is 1.95. The third kappa shape index (κ3) is 3.32. The third-order valence-corrected chi connectivity index (χ3v) is 2.54. The molecular formula is C13H17N3O. The van der Waals surface area contributed by atoms with Crippen LogP contribution in [0.1, 0.15) is 11.5 Å². The lowest BCUT2D eigenvalue weighted by Crippen LogP contribution is -2.17. The van der Waals surface area contributed by atoms with E-state index in [1.54, 1.807) is 6.26 Å². The molecule has 2 aromatic rings. The zero-order valence-electron chi connectivity index (χ0n) is 10.2. The van der Waals surface area contributed by atoms with Crippen LogP contribution in [0.3, 0.4) is 0 Å². The van der Waals surface area contributed by atoms with Crippen LogP contribution in [0.5, 0.6) is 0 Å². The van der Waals surface area contributed by atoms with Crippen LogP contribution in [0.4, 0.5) is 5.69 Å². The van der Waals surface area contributed by atoms with Crippen molar-refractivity contribution in [1.82, 2.24) is 9.88 Å². The van der Waals surface area contributed by atoms with Crippen molar-refractivity contribution in [3.63, 3.8) is 0 Å². The van der Waals surface area contributed by atoms with Gasteiger partial charge < -0.3 is 9.73 Å². The number of nitrogens with zero attached hydrogens (tertiary/aromatic N) is 2. The predicted octanol–water partition coefficient (Wildman–Crippen LogP) is 2.35. The second-order valence-corrected chi connectivity index (χ2v) is 4.04. The zero-order chi connectivity index (χ0) is 12.1. The number of anilines is 1. The second-order valence-electron chi connectivity index (χ2n) is 4.04. The fraction of sp³-hybridized carbons (Fsp3) is 0.308. The lowest BCUT2D eigenvalue weighted by molar-refractivity contribution is 0.285. The minimum atomic E-state index is 0.790. The average Bonchev–Trinajstić information content (AvgIpc) is 2.82. The highest BCUT2D eigenvalue weighted by atomic mass is 16.3. The van der Waals surface area contributed by atoms with Crippen LogP contribution in [0.25, 0.3) is 0 Å².